The highest BCUT2D eigenvalue weighted by molar-refractivity contribution is 7.13. The van der Waals surface area contributed by atoms with Gasteiger partial charge in [0.15, 0.2) is 28.2 Å². The van der Waals surface area contributed by atoms with Crippen LogP contribution in [0.3, 0.4) is 0 Å². The van der Waals surface area contributed by atoms with E-state index in [1.54, 1.807) is 0 Å². The number of hydrogen-bond donors (Lipinski definition) is 1. The highest BCUT2D eigenvalue weighted by atomic mass is 35.5. The Hall–Kier alpha value is -5.32. The highest BCUT2D eigenvalue weighted by Gasteiger charge is 2.45. The molecule has 3 saturated carbocycles. The second-order valence-corrected chi connectivity index (χ2v) is 15.2. The van der Waals surface area contributed by atoms with Crippen molar-refractivity contribution in [3.05, 3.63) is 148 Å². The van der Waals surface area contributed by atoms with Crippen molar-refractivity contribution in [3.63, 3.8) is 0 Å². The van der Waals surface area contributed by atoms with E-state index >= 15 is 4.39 Å². The first-order valence-corrected chi connectivity index (χ1v) is 18.8. The van der Waals surface area contributed by atoms with Crippen molar-refractivity contribution in [1.29, 1.82) is 0 Å². The number of anilines is 1. The van der Waals surface area contributed by atoms with Crippen molar-refractivity contribution < 1.29 is 13.6 Å². The van der Waals surface area contributed by atoms with Crippen LogP contribution in [-0.2, 0) is 10.3 Å². The number of aromatic nitrogens is 5. The molecule has 0 spiro atoms. The van der Waals surface area contributed by atoms with Crippen molar-refractivity contribution in [2.24, 2.45) is 17.8 Å². The first kappa shape index (κ1) is 33.5. The van der Waals surface area contributed by atoms with Gasteiger partial charge in [-0.3, -0.25) is 4.79 Å². The minimum absolute atomic E-state index is 0.0599. The molecule has 7 aromatic rings. The molecule has 11 heteroatoms. The lowest BCUT2D eigenvalue weighted by atomic mass is 9.62. The van der Waals surface area contributed by atoms with E-state index in [4.69, 9.17) is 31.5 Å². The van der Waals surface area contributed by atoms with Crippen LogP contribution in [0.5, 0.6) is 0 Å². The molecular formula is C42H32ClF2N6OS. The van der Waals surface area contributed by atoms with E-state index in [1.807, 2.05) is 60.8 Å². The molecule has 0 aliphatic heterocycles. The van der Waals surface area contributed by atoms with Gasteiger partial charge in [0, 0.05) is 18.2 Å². The van der Waals surface area contributed by atoms with Crippen molar-refractivity contribution in [2.45, 2.75) is 37.3 Å². The molecule has 0 amide bonds. The van der Waals surface area contributed by atoms with Gasteiger partial charge in [0.2, 0.25) is 6.29 Å². The molecule has 3 aliphatic rings. The van der Waals surface area contributed by atoms with Crippen LogP contribution < -0.4 is 5.32 Å². The van der Waals surface area contributed by atoms with Crippen LogP contribution in [0.1, 0.15) is 42.4 Å². The quantitative estimate of drug-likeness (QED) is 0.148. The van der Waals surface area contributed by atoms with E-state index in [9.17, 15) is 9.18 Å². The van der Waals surface area contributed by atoms with Crippen molar-refractivity contribution in [3.8, 4) is 22.0 Å². The molecule has 4 heterocycles. The molecule has 1 radical (unpaired) electrons. The third-order valence-corrected chi connectivity index (χ3v) is 12.0. The lowest BCUT2D eigenvalue weighted by Gasteiger charge is -2.46. The topological polar surface area (TPSA) is 85.6 Å². The Morgan fingerprint density at radius 1 is 0.792 bits per heavy atom. The smallest absolute Gasteiger partial charge is 0.204 e. The number of nitrogens with zero attached hydrogens (tertiary/aromatic N) is 5. The summed E-state index contributed by atoms with van der Waals surface area (Å²) in [6.07, 6.45) is 9.43. The normalized spacial score (nSPS) is 19.8. The van der Waals surface area contributed by atoms with Gasteiger partial charge in [-0.1, -0.05) is 103 Å². The average Bonchev–Trinajstić information content (AvgIpc) is 3.81. The zero-order valence-electron chi connectivity index (χ0n) is 28.3. The molecule has 3 aliphatic carbocycles. The van der Waals surface area contributed by atoms with Gasteiger partial charge in [0.05, 0.1) is 16.6 Å². The fourth-order valence-electron chi connectivity index (χ4n) is 8.60. The zero-order chi connectivity index (χ0) is 36.1. The van der Waals surface area contributed by atoms with E-state index in [-0.39, 0.29) is 40.4 Å². The summed E-state index contributed by atoms with van der Waals surface area (Å²) in [4.78, 5) is 31.8. The van der Waals surface area contributed by atoms with Crippen LogP contribution in [0.15, 0.2) is 116 Å². The van der Waals surface area contributed by atoms with Crippen LogP contribution in [0.4, 0.5) is 14.6 Å². The zero-order valence-corrected chi connectivity index (χ0v) is 29.9. The molecular weight excluding hydrogens is 710 g/mol. The second-order valence-electron chi connectivity index (χ2n) is 13.7. The molecule has 4 aromatic heterocycles. The Balaban J connectivity index is 1.32. The van der Waals surface area contributed by atoms with Gasteiger partial charge in [-0.05, 0) is 66.3 Å². The van der Waals surface area contributed by atoms with Crippen LogP contribution in [0.25, 0.3) is 33.1 Å². The largest absolute Gasteiger partial charge is 0.364 e. The minimum Gasteiger partial charge on any atom is -0.364 e. The summed E-state index contributed by atoms with van der Waals surface area (Å²) in [6.45, 7) is 0. The third kappa shape index (κ3) is 5.63. The molecule has 53 heavy (non-hydrogen) atoms. The Bertz CT molecular complexity index is 2340. The lowest BCUT2D eigenvalue weighted by Crippen LogP contribution is -2.49. The van der Waals surface area contributed by atoms with Crippen LogP contribution in [0, 0.1) is 28.7 Å². The summed E-state index contributed by atoms with van der Waals surface area (Å²) in [5, 5.41) is 3.02. The molecule has 1 N–H and O–H groups in total. The van der Waals surface area contributed by atoms with Gasteiger partial charge >= 0.3 is 0 Å². The number of halogens is 3. The number of rotatable bonds is 9. The van der Waals surface area contributed by atoms with Gasteiger partial charge in [0.25, 0.3) is 0 Å². The molecule has 7 nitrogen and oxygen atoms in total. The predicted molar refractivity (Wildman–Crippen MR) is 203 cm³/mol. The lowest BCUT2D eigenvalue weighted by molar-refractivity contribution is 0.118. The van der Waals surface area contributed by atoms with Gasteiger partial charge < -0.3 is 9.88 Å². The molecule has 3 fully saturated rings. The summed E-state index contributed by atoms with van der Waals surface area (Å²) >= 11 is 7.36. The van der Waals surface area contributed by atoms with E-state index in [2.05, 4.69) is 52.6 Å². The van der Waals surface area contributed by atoms with Gasteiger partial charge in [-0.15, -0.1) is 11.3 Å². The molecule has 10 rings (SSSR count). The Labute approximate surface area is 313 Å². The molecule has 2 unspecified atom stereocenters. The number of thiophene rings is 1. The molecule has 0 saturated heterocycles. The monoisotopic (exact) mass is 741 g/mol. The summed E-state index contributed by atoms with van der Waals surface area (Å²) in [6, 6.07) is 32.8. The first-order chi connectivity index (χ1) is 25.9. The van der Waals surface area contributed by atoms with Crippen molar-refractivity contribution in [2.75, 3.05) is 5.32 Å². The maximum absolute atomic E-state index is 16.7. The highest BCUT2D eigenvalue weighted by Crippen LogP contribution is 2.47. The number of benzene rings is 3. The molecule has 2 atom stereocenters. The minimum atomic E-state index is -0.974. The fourth-order valence-corrected chi connectivity index (χ4v) is 9.44. The predicted octanol–water partition coefficient (Wildman–Crippen LogP) is 9.71. The van der Waals surface area contributed by atoms with Crippen molar-refractivity contribution >= 4 is 46.2 Å². The summed E-state index contributed by atoms with van der Waals surface area (Å²) < 4.78 is 33.2. The van der Waals surface area contributed by atoms with E-state index in [0.717, 1.165) is 53.7 Å². The summed E-state index contributed by atoms with van der Waals surface area (Å²) in [7, 11) is 0. The Morgan fingerprint density at radius 2 is 1.40 bits per heavy atom. The molecule has 263 valence electrons. The van der Waals surface area contributed by atoms with Gasteiger partial charge in [-0.2, -0.15) is 4.39 Å². The van der Waals surface area contributed by atoms with Crippen molar-refractivity contribution in [1.82, 2.24) is 24.5 Å². The fraction of sp³-hybridized carbons (Fsp3) is 0.214. The van der Waals surface area contributed by atoms with Crippen LogP contribution in [0.2, 0.25) is 5.15 Å². The maximum atomic E-state index is 16.7. The summed E-state index contributed by atoms with van der Waals surface area (Å²) in [5.41, 5.74) is 3.18. The maximum Gasteiger partial charge on any atom is 0.204 e. The average molecular weight is 742 g/mol. The van der Waals surface area contributed by atoms with Crippen LogP contribution in [-0.4, -0.2) is 36.8 Å². The third-order valence-electron chi connectivity index (χ3n) is 11.0. The van der Waals surface area contributed by atoms with Gasteiger partial charge in [-0.25, -0.2) is 24.3 Å². The standard InChI is InChI=1S/C42H32ClF2N6OS/c43-33-22-46-41-37(47-33)30(23-51(41)42(27-10-4-1-5-11-27,28-12-6-2-7-13-28)29-14-8-3-9-15-29)39-49-38(32-20-21-34(44)53-32)35(45)40(50-39)48-36-26-18-16-25(17-19-26)31(36)24-52/h1-15,20-23,25-26,31,36H,16-19H2,(H,48,49,50). The van der Waals surface area contributed by atoms with Gasteiger partial charge in [0.1, 0.15) is 21.9 Å². The van der Waals surface area contributed by atoms with E-state index in [0.29, 0.717) is 21.6 Å². The SMILES string of the molecule is O=[C]C1C2CCC(CC2)C1Nc1nc(-c2cn(C(c3ccccc3)(c3ccccc3)c3ccccc3)c3ncc(Cl)nc23)nc(-c2ccc(F)s2)c1F. The van der Waals surface area contributed by atoms with E-state index < -0.39 is 22.4 Å². The van der Waals surface area contributed by atoms with Crippen LogP contribution >= 0.6 is 22.9 Å². The number of nitrogens with one attached hydrogen (secondary N) is 1. The Morgan fingerprint density at radius 3 is 1.96 bits per heavy atom. The Kier molecular flexibility index (Phi) is 8.59. The van der Waals surface area contributed by atoms with E-state index in [1.165, 1.54) is 18.3 Å². The first-order valence-electron chi connectivity index (χ1n) is 17.6. The summed E-state index contributed by atoms with van der Waals surface area (Å²) in [5.74, 6) is -0.675. The second kappa shape index (κ2) is 13.6. The molecule has 3 aromatic carbocycles. The number of fused-ring (bicyclic) bond motifs is 4. The molecule has 2 bridgehead atoms. The number of carbonyl (C=O) groups excluding carboxylic acids is 1. The number of hydrogen-bond acceptors (Lipinski definition) is 7.